The number of non-ortho nitro benzene ring substituents is 1. The summed E-state index contributed by atoms with van der Waals surface area (Å²) in [4.78, 5) is 9.36. The predicted octanol–water partition coefficient (Wildman–Crippen LogP) is 2.82. The molecule has 86 valence electrons. The van der Waals surface area contributed by atoms with Crippen molar-refractivity contribution in [2.24, 2.45) is 0 Å². The summed E-state index contributed by atoms with van der Waals surface area (Å²) in [6, 6.07) is 1.84. The van der Waals surface area contributed by atoms with Gasteiger partial charge in [0.1, 0.15) is 4.90 Å². The number of nitro groups is 1. The lowest BCUT2D eigenvalue weighted by Crippen LogP contribution is -1.99. The summed E-state index contributed by atoms with van der Waals surface area (Å²) in [6.07, 6.45) is 0. The van der Waals surface area contributed by atoms with Crippen molar-refractivity contribution in [3.05, 3.63) is 44.3 Å². The molecular weight excluding hydrogens is 277 g/mol. The van der Waals surface area contributed by atoms with Crippen molar-refractivity contribution in [1.29, 1.82) is 0 Å². The predicted molar refractivity (Wildman–Crippen MR) is 60.5 cm³/mol. The zero-order valence-electron chi connectivity index (χ0n) is 7.68. The van der Waals surface area contributed by atoms with Gasteiger partial charge in [-0.2, -0.15) is 0 Å². The summed E-state index contributed by atoms with van der Waals surface area (Å²) < 4.78 is 22.9. The minimum Gasteiger partial charge on any atom is -0.258 e. The molecule has 1 aromatic rings. The molecule has 0 N–H and O–H groups in total. The zero-order chi connectivity index (χ0) is 12.5. The Kier molecular flexibility index (Phi) is 3.57. The molecule has 0 unspecified atom stereocenters. The first kappa shape index (κ1) is 13.0. The molecule has 0 atom stereocenters. The summed E-state index contributed by atoms with van der Waals surface area (Å²) in [7, 11) is -3.82. The molecule has 16 heavy (non-hydrogen) atoms. The lowest BCUT2D eigenvalue weighted by Gasteiger charge is -2.04. The molecule has 0 spiro atoms. The van der Waals surface area contributed by atoms with Crippen molar-refractivity contribution >= 4 is 38.7 Å². The highest BCUT2D eigenvalue weighted by Crippen LogP contribution is 2.34. The highest BCUT2D eigenvalue weighted by atomic mass is 35.5. The topological polar surface area (TPSA) is 77.3 Å². The third-order valence-electron chi connectivity index (χ3n) is 1.70. The summed E-state index contributed by atoms with van der Waals surface area (Å²) in [6.45, 7) is 3.11. The van der Waals surface area contributed by atoms with Crippen LogP contribution in [-0.4, -0.2) is 13.3 Å². The number of rotatable bonds is 3. The van der Waals surface area contributed by atoms with Crippen LogP contribution in [0.2, 0.25) is 10.0 Å². The number of hydrogen-bond donors (Lipinski definition) is 0. The molecule has 5 nitrogen and oxygen atoms in total. The van der Waals surface area contributed by atoms with E-state index in [4.69, 9.17) is 23.2 Å². The normalized spacial score (nSPS) is 11.1. The number of nitro benzene ring substituents is 1. The van der Waals surface area contributed by atoms with Crippen LogP contribution in [0, 0.1) is 10.1 Å². The van der Waals surface area contributed by atoms with Crippen LogP contribution in [0.25, 0.3) is 0 Å². The van der Waals surface area contributed by atoms with E-state index in [9.17, 15) is 18.5 Å². The summed E-state index contributed by atoms with van der Waals surface area (Å²) in [5.41, 5.74) is -0.377. The third-order valence-corrected chi connectivity index (χ3v) is 3.97. The van der Waals surface area contributed by atoms with E-state index in [1.807, 2.05) is 0 Å². The van der Waals surface area contributed by atoms with Crippen LogP contribution >= 0.6 is 23.2 Å². The fourth-order valence-electron chi connectivity index (χ4n) is 1.01. The van der Waals surface area contributed by atoms with Gasteiger partial charge in [-0.3, -0.25) is 10.1 Å². The van der Waals surface area contributed by atoms with Crippen LogP contribution in [0.4, 0.5) is 5.69 Å². The van der Waals surface area contributed by atoms with Gasteiger partial charge in [0.2, 0.25) is 9.84 Å². The third kappa shape index (κ3) is 2.34. The lowest BCUT2D eigenvalue weighted by molar-refractivity contribution is -0.384. The highest BCUT2D eigenvalue weighted by Gasteiger charge is 2.22. The van der Waals surface area contributed by atoms with E-state index in [0.29, 0.717) is 5.41 Å². The maximum Gasteiger partial charge on any atom is 0.272 e. The second-order valence-corrected chi connectivity index (χ2v) is 5.35. The molecule has 0 saturated heterocycles. The van der Waals surface area contributed by atoms with Gasteiger partial charge < -0.3 is 0 Å². The molecule has 0 saturated carbocycles. The van der Waals surface area contributed by atoms with Gasteiger partial charge in [0, 0.05) is 17.5 Å². The molecular formula is C8H5Cl2NO4S. The maximum atomic E-state index is 11.5. The second kappa shape index (κ2) is 4.40. The fraction of sp³-hybridized carbons (Fsp3) is 0. The van der Waals surface area contributed by atoms with Crippen molar-refractivity contribution in [3.63, 3.8) is 0 Å². The van der Waals surface area contributed by atoms with Crippen molar-refractivity contribution in [2.45, 2.75) is 4.90 Å². The standard InChI is InChI=1S/C8H5Cl2NO4S/c1-2-16(14,15)8-6(9)3-5(11(12)13)4-7(8)10/h2-4H,1H2. The highest BCUT2D eigenvalue weighted by molar-refractivity contribution is 7.94. The molecule has 1 aromatic carbocycles. The van der Waals surface area contributed by atoms with Gasteiger partial charge in [0.25, 0.3) is 5.69 Å². The largest absolute Gasteiger partial charge is 0.272 e. The Labute approximate surface area is 101 Å². The molecule has 0 bridgehead atoms. The van der Waals surface area contributed by atoms with Gasteiger partial charge in [-0.1, -0.05) is 29.8 Å². The van der Waals surface area contributed by atoms with E-state index < -0.39 is 14.8 Å². The molecule has 0 fully saturated rings. The van der Waals surface area contributed by atoms with E-state index in [-0.39, 0.29) is 20.6 Å². The number of sulfone groups is 1. The second-order valence-electron chi connectivity index (χ2n) is 2.71. The average molecular weight is 282 g/mol. The van der Waals surface area contributed by atoms with Crippen molar-refractivity contribution in [1.82, 2.24) is 0 Å². The molecule has 0 aliphatic heterocycles. The SMILES string of the molecule is C=CS(=O)(=O)c1c(Cl)cc([N+](=O)[O-])cc1Cl. The first-order chi connectivity index (χ1) is 7.29. The Hall–Kier alpha value is -1.11. The van der Waals surface area contributed by atoms with Gasteiger partial charge in [-0.05, 0) is 0 Å². The number of hydrogen-bond acceptors (Lipinski definition) is 4. The Morgan fingerprint density at radius 2 is 1.75 bits per heavy atom. The van der Waals surface area contributed by atoms with Crippen LogP contribution in [0.3, 0.4) is 0 Å². The van der Waals surface area contributed by atoms with E-state index in [2.05, 4.69) is 6.58 Å². The average Bonchev–Trinajstić information content (AvgIpc) is 2.16. The quantitative estimate of drug-likeness (QED) is 0.630. The summed E-state index contributed by atoms with van der Waals surface area (Å²) >= 11 is 11.3. The van der Waals surface area contributed by atoms with Crippen LogP contribution in [0.15, 0.2) is 29.0 Å². The number of benzene rings is 1. The molecule has 0 radical (unpaired) electrons. The Bertz CT molecular complexity index is 544. The van der Waals surface area contributed by atoms with Gasteiger partial charge in [-0.15, -0.1) is 0 Å². The van der Waals surface area contributed by atoms with Gasteiger partial charge in [0.15, 0.2) is 0 Å². The summed E-state index contributed by atoms with van der Waals surface area (Å²) in [5.74, 6) is 0. The van der Waals surface area contributed by atoms with Gasteiger partial charge in [-0.25, -0.2) is 8.42 Å². The summed E-state index contributed by atoms with van der Waals surface area (Å²) in [5, 5.41) is 10.5. The van der Waals surface area contributed by atoms with Crippen molar-refractivity contribution in [2.75, 3.05) is 0 Å². The molecule has 0 amide bonds. The van der Waals surface area contributed by atoms with Crippen molar-refractivity contribution < 1.29 is 13.3 Å². The Morgan fingerprint density at radius 1 is 1.31 bits per heavy atom. The lowest BCUT2D eigenvalue weighted by atomic mass is 10.3. The van der Waals surface area contributed by atoms with Crippen LogP contribution in [-0.2, 0) is 9.84 Å². The van der Waals surface area contributed by atoms with E-state index in [1.54, 1.807) is 0 Å². The Balaban J connectivity index is 3.58. The van der Waals surface area contributed by atoms with Crippen molar-refractivity contribution in [3.8, 4) is 0 Å². The number of halogens is 2. The molecule has 0 aliphatic rings. The maximum absolute atomic E-state index is 11.5. The van der Waals surface area contributed by atoms with E-state index in [1.165, 1.54) is 0 Å². The first-order valence-electron chi connectivity index (χ1n) is 3.80. The molecule has 1 rings (SSSR count). The smallest absolute Gasteiger partial charge is 0.258 e. The van der Waals surface area contributed by atoms with E-state index >= 15 is 0 Å². The van der Waals surface area contributed by atoms with Crippen LogP contribution in [0.1, 0.15) is 0 Å². The molecule has 0 heterocycles. The fourth-order valence-corrected chi connectivity index (χ4v) is 2.96. The molecule has 8 heteroatoms. The van der Waals surface area contributed by atoms with Crippen LogP contribution < -0.4 is 0 Å². The van der Waals surface area contributed by atoms with Gasteiger partial charge >= 0.3 is 0 Å². The van der Waals surface area contributed by atoms with Gasteiger partial charge in [0.05, 0.1) is 15.0 Å². The molecule has 0 aliphatic carbocycles. The van der Waals surface area contributed by atoms with Crippen LogP contribution in [0.5, 0.6) is 0 Å². The minimum atomic E-state index is -3.82. The zero-order valence-corrected chi connectivity index (χ0v) is 10.0. The molecule has 0 aromatic heterocycles. The first-order valence-corrected chi connectivity index (χ1v) is 6.11. The number of nitrogens with zero attached hydrogens (tertiary/aromatic N) is 1. The Morgan fingerprint density at radius 3 is 2.06 bits per heavy atom. The monoisotopic (exact) mass is 281 g/mol. The minimum absolute atomic E-state index is 0.306. The van der Waals surface area contributed by atoms with E-state index in [0.717, 1.165) is 12.1 Å².